The summed E-state index contributed by atoms with van der Waals surface area (Å²) in [7, 11) is 0. The van der Waals surface area contributed by atoms with E-state index in [0.717, 1.165) is 12.8 Å². The lowest BCUT2D eigenvalue weighted by atomic mass is 9.76. The van der Waals surface area contributed by atoms with Crippen molar-refractivity contribution in [3.05, 3.63) is 35.6 Å². The normalized spacial score (nSPS) is 14.4. The van der Waals surface area contributed by atoms with Crippen LogP contribution >= 0.6 is 0 Å². The number of benzene rings is 1. The van der Waals surface area contributed by atoms with Crippen LogP contribution in [0.4, 0.5) is 4.39 Å². The first-order valence-electron chi connectivity index (χ1n) is 6.62. The third kappa shape index (κ3) is 3.77. The number of carboxylic acid groups (broad SMARTS) is 1. The van der Waals surface area contributed by atoms with Gasteiger partial charge >= 0.3 is 5.97 Å². The zero-order chi connectivity index (χ0) is 14.5. The molecule has 3 N–H and O–H groups in total. The topological polar surface area (TPSA) is 63.3 Å². The van der Waals surface area contributed by atoms with Gasteiger partial charge in [-0.2, -0.15) is 0 Å². The molecule has 0 saturated carbocycles. The Morgan fingerprint density at radius 2 is 2.16 bits per heavy atom. The first-order chi connectivity index (χ1) is 8.92. The van der Waals surface area contributed by atoms with Gasteiger partial charge in [-0.3, -0.25) is 4.79 Å². The highest BCUT2D eigenvalue weighted by molar-refractivity contribution is 5.81. The van der Waals surface area contributed by atoms with Gasteiger partial charge in [0.15, 0.2) is 0 Å². The van der Waals surface area contributed by atoms with Crippen molar-refractivity contribution in [3.63, 3.8) is 0 Å². The van der Waals surface area contributed by atoms with Crippen molar-refractivity contribution >= 4 is 5.97 Å². The van der Waals surface area contributed by atoms with E-state index in [1.807, 2.05) is 0 Å². The third-order valence-electron chi connectivity index (χ3n) is 3.52. The SMILES string of the molecule is CC(C)CCCC(CN)(C(=O)O)c1cccc(F)c1. The van der Waals surface area contributed by atoms with Crippen LogP contribution in [0.25, 0.3) is 0 Å². The van der Waals surface area contributed by atoms with Crippen LogP contribution in [-0.2, 0) is 10.2 Å². The van der Waals surface area contributed by atoms with E-state index in [1.165, 1.54) is 18.2 Å². The Morgan fingerprint density at radius 3 is 2.63 bits per heavy atom. The molecule has 1 rings (SSSR count). The summed E-state index contributed by atoms with van der Waals surface area (Å²) in [6.07, 6.45) is 2.13. The molecule has 106 valence electrons. The standard InChI is InChI=1S/C15H22FNO2/c1-11(2)5-4-8-15(10-17,14(18)19)12-6-3-7-13(16)9-12/h3,6-7,9,11H,4-5,8,10,17H2,1-2H3,(H,18,19). The monoisotopic (exact) mass is 267 g/mol. The second kappa shape index (κ2) is 6.66. The molecule has 0 radical (unpaired) electrons. The van der Waals surface area contributed by atoms with Gasteiger partial charge in [-0.15, -0.1) is 0 Å². The molecular weight excluding hydrogens is 245 g/mol. The first-order valence-corrected chi connectivity index (χ1v) is 6.62. The molecule has 1 unspecified atom stereocenters. The van der Waals surface area contributed by atoms with Gasteiger partial charge in [0.2, 0.25) is 0 Å². The number of halogens is 1. The molecule has 0 heterocycles. The summed E-state index contributed by atoms with van der Waals surface area (Å²) < 4.78 is 13.3. The highest BCUT2D eigenvalue weighted by Gasteiger charge is 2.38. The van der Waals surface area contributed by atoms with E-state index in [4.69, 9.17) is 5.73 Å². The van der Waals surface area contributed by atoms with Crippen LogP contribution in [-0.4, -0.2) is 17.6 Å². The Balaban J connectivity index is 3.02. The van der Waals surface area contributed by atoms with Gasteiger partial charge in [-0.25, -0.2) is 4.39 Å². The summed E-state index contributed by atoms with van der Waals surface area (Å²) in [6, 6.07) is 5.75. The summed E-state index contributed by atoms with van der Waals surface area (Å²) in [5.74, 6) is -0.901. The molecule has 0 aliphatic rings. The number of carbonyl (C=O) groups is 1. The quantitative estimate of drug-likeness (QED) is 0.798. The fraction of sp³-hybridized carbons (Fsp3) is 0.533. The minimum atomic E-state index is -1.18. The molecule has 0 saturated heterocycles. The van der Waals surface area contributed by atoms with Gasteiger partial charge in [0.05, 0.1) is 0 Å². The number of hydrogen-bond donors (Lipinski definition) is 2. The molecule has 0 aromatic heterocycles. The van der Waals surface area contributed by atoms with Crippen molar-refractivity contribution in [2.24, 2.45) is 11.7 Å². The average molecular weight is 267 g/mol. The molecule has 1 atom stereocenters. The molecule has 1 aromatic rings. The van der Waals surface area contributed by atoms with Crippen LogP contribution in [0.5, 0.6) is 0 Å². The Bertz CT molecular complexity index is 434. The lowest BCUT2D eigenvalue weighted by molar-refractivity contribution is -0.143. The highest BCUT2D eigenvalue weighted by atomic mass is 19.1. The smallest absolute Gasteiger partial charge is 0.315 e. The van der Waals surface area contributed by atoms with Gasteiger partial charge in [0.25, 0.3) is 0 Å². The maximum absolute atomic E-state index is 13.3. The lowest BCUT2D eigenvalue weighted by Crippen LogP contribution is -2.43. The number of aliphatic carboxylic acids is 1. The van der Waals surface area contributed by atoms with Crippen LogP contribution in [0, 0.1) is 11.7 Å². The number of hydrogen-bond acceptors (Lipinski definition) is 2. The van der Waals surface area contributed by atoms with Crippen LogP contribution in [0.3, 0.4) is 0 Å². The van der Waals surface area contributed by atoms with Crippen molar-refractivity contribution in [2.75, 3.05) is 6.54 Å². The molecule has 0 amide bonds. The summed E-state index contributed by atoms with van der Waals surface area (Å²) in [5, 5.41) is 9.53. The molecule has 0 aliphatic carbocycles. The molecule has 0 aliphatic heterocycles. The molecule has 0 spiro atoms. The number of nitrogens with two attached hydrogens (primary N) is 1. The molecular formula is C15H22FNO2. The van der Waals surface area contributed by atoms with Crippen molar-refractivity contribution < 1.29 is 14.3 Å². The Morgan fingerprint density at radius 1 is 1.47 bits per heavy atom. The Kier molecular flexibility index (Phi) is 5.48. The second-order valence-corrected chi connectivity index (χ2v) is 5.39. The van der Waals surface area contributed by atoms with E-state index < -0.39 is 17.2 Å². The largest absolute Gasteiger partial charge is 0.481 e. The van der Waals surface area contributed by atoms with E-state index in [2.05, 4.69) is 13.8 Å². The highest BCUT2D eigenvalue weighted by Crippen LogP contribution is 2.30. The number of rotatable bonds is 7. The summed E-state index contributed by atoms with van der Waals surface area (Å²) in [6.45, 7) is 4.16. The third-order valence-corrected chi connectivity index (χ3v) is 3.52. The van der Waals surface area contributed by atoms with E-state index in [9.17, 15) is 14.3 Å². The lowest BCUT2D eigenvalue weighted by Gasteiger charge is -2.29. The molecule has 4 heteroatoms. The number of carboxylic acids is 1. The van der Waals surface area contributed by atoms with Gasteiger partial charge in [-0.05, 0) is 30.0 Å². The zero-order valence-electron chi connectivity index (χ0n) is 11.5. The first kappa shape index (κ1) is 15.6. The second-order valence-electron chi connectivity index (χ2n) is 5.39. The molecule has 19 heavy (non-hydrogen) atoms. The van der Waals surface area contributed by atoms with Gasteiger partial charge in [-0.1, -0.05) is 38.8 Å². The predicted molar refractivity (Wildman–Crippen MR) is 73.5 cm³/mol. The van der Waals surface area contributed by atoms with Crippen molar-refractivity contribution in [2.45, 2.75) is 38.5 Å². The minimum Gasteiger partial charge on any atom is -0.481 e. The Labute approximate surface area is 113 Å². The van der Waals surface area contributed by atoms with Crippen molar-refractivity contribution in [3.8, 4) is 0 Å². The van der Waals surface area contributed by atoms with Gasteiger partial charge < -0.3 is 10.8 Å². The van der Waals surface area contributed by atoms with Crippen molar-refractivity contribution in [1.29, 1.82) is 0 Å². The Hall–Kier alpha value is -1.42. The fourth-order valence-corrected chi connectivity index (χ4v) is 2.28. The minimum absolute atomic E-state index is 0.0239. The van der Waals surface area contributed by atoms with Crippen LogP contribution in [0.15, 0.2) is 24.3 Å². The molecule has 0 fully saturated rings. The maximum atomic E-state index is 13.3. The maximum Gasteiger partial charge on any atom is 0.315 e. The molecule has 0 bridgehead atoms. The van der Waals surface area contributed by atoms with Crippen LogP contribution in [0.2, 0.25) is 0 Å². The summed E-state index contributed by atoms with van der Waals surface area (Å²) >= 11 is 0. The van der Waals surface area contributed by atoms with E-state index in [-0.39, 0.29) is 6.54 Å². The van der Waals surface area contributed by atoms with Crippen LogP contribution in [0.1, 0.15) is 38.7 Å². The van der Waals surface area contributed by atoms with Gasteiger partial charge in [0.1, 0.15) is 11.2 Å². The van der Waals surface area contributed by atoms with Gasteiger partial charge in [0, 0.05) is 6.54 Å². The van der Waals surface area contributed by atoms with E-state index >= 15 is 0 Å². The molecule has 1 aromatic carbocycles. The van der Waals surface area contributed by atoms with Crippen LogP contribution < -0.4 is 5.73 Å². The summed E-state index contributed by atoms with van der Waals surface area (Å²) in [5.41, 5.74) is 4.97. The predicted octanol–water partition coefficient (Wildman–Crippen LogP) is 2.93. The van der Waals surface area contributed by atoms with E-state index in [0.29, 0.717) is 17.9 Å². The summed E-state index contributed by atoms with van der Waals surface area (Å²) in [4.78, 5) is 11.6. The average Bonchev–Trinajstić information content (AvgIpc) is 2.34. The van der Waals surface area contributed by atoms with E-state index in [1.54, 1.807) is 6.07 Å². The van der Waals surface area contributed by atoms with Crippen molar-refractivity contribution in [1.82, 2.24) is 0 Å². The fourth-order valence-electron chi connectivity index (χ4n) is 2.28. The zero-order valence-corrected chi connectivity index (χ0v) is 11.5. The molecule has 3 nitrogen and oxygen atoms in total.